The van der Waals surface area contributed by atoms with Crippen LogP contribution in [0, 0.1) is 13.8 Å². The Kier molecular flexibility index (Phi) is 3.60. The predicted molar refractivity (Wildman–Crippen MR) is 71.9 cm³/mol. The maximum absolute atomic E-state index is 11.5. The van der Waals surface area contributed by atoms with E-state index in [2.05, 4.69) is 37.1 Å². The Bertz CT molecular complexity index is 570. The number of ketones is 1. The second kappa shape index (κ2) is 5.17. The van der Waals surface area contributed by atoms with Gasteiger partial charge in [-0.15, -0.1) is 0 Å². The number of Topliss-reactive ketones (excluding diaryl/α,β-unsaturated/α-hetero) is 1. The SMILES string of the molecule is CCC(=O)c1cnn(Cc2cc(C)ccc2C)c1. The van der Waals surface area contributed by atoms with Crippen LogP contribution in [-0.2, 0) is 6.54 Å². The Morgan fingerprint density at radius 1 is 1.33 bits per heavy atom. The van der Waals surface area contributed by atoms with E-state index in [1.807, 2.05) is 17.8 Å². The highest BCUT2D eigenvalue weighted by Crippen LogP contribution is 2.12. The second-order valence-electron chi connectivity index (χ2n) is 4.63. The molecule has 0 saturated carbocycles. The minimum atomic E-state index is 0.141. The lowest BCUT2D eigenvalue weighted by Crippen LogP contribution is -2.02. The highest BCUT2D eigenvalue weighted by Gasteiger charge is 2.07. The zero-order valence-electron chi connectivity index (χ0n) is 11.1. The summed E-state index contributed by atoms with van der Waals surface area (Å²) in [4.78, 5) is 11.5. The van der Waals surface area contributed by atoms with Gasteiger partial charge in [-0.2, -0.15) is 5.10 Å². The van der Waals surface area contributed by atoms with Crippen molar-refractivity contribution in [3.63, 3.8) is 0 Å². The van der Waals surface area contributed by atoms with Crippen molar-refractivity contribution in [1.29, 1.82) is 0 Å². The summed E-state index contributed by atoms with van der Waals surface area (Å²) in [6.45, 7) is 6.75. The summed E-state index contributed by atoms with van der Waals surface area (Å²) >= 11 is 0. The van der Waals surface area contributed by atoms with Crippen LogP contribution in [0.2, 0.25) is 0 Å². The second-order valence-corrected chi connectivity index (χ2v) is 4.63. The molecule has 3 heteroatoms. The van der Waals surface area contributed by atoms with Crippen LogP contribution >= 0.6 is 0 Å². The van der Waals surface area contributed by atoms with Crippen molar-refractivity contribution in [2.75, 3.05) is 0 Å². The van der Waals surface area contributed by atoms with Crippen LogP contribution in [0.5, 0.6) is 0 Å². The number of hydrogen-bond acceptors (Lipinski definition) is 2. The topological polar surface area (TPSA) is 34.9 Å². The van der Waals surface area contributed by atoms with Gasteiger partial charge in [0.15, 0.2) is 5.78 Å². The molecule has 94 valence electrons. The summed E-state index contributed by atoms with van der Waals surface area (Å²) in [5, 5.41) is 4.25. The lowest BCUT2D eigenvalue weighted by Gasteiger charge is -2.07. The van der Waals surface area contributed by atoms with Gasteiger partial charge in [-0.25, -0.2) is 0 Å². The number of aryl methyl sites for hydroxylation is 2. The molecule has 0 aliphatic heterocycles. The smallest absolute Gasteiger partial charge is 0.165 e. The van der Waals surface area contributed by atoms with Gasteiger partial charge in [0.2, 0.25) is 0 Å². The molecule has 2 rings (SSSR count). The van der Waals surface area contributed by atoms with Crippen LogP contribution in [0.15, 0.2) is 30.6 Å². The molecule has 0 spiro atoms. The zero-order chi connectivity index (χ0) is 13.1. The fourth-order valence-electron chi connectivity index (χ4n) is 1.94. The molecule has 1 aromatic heterocycles. The van der Waals surface area contributed by atoms with E-state index in [-0.39, 0.29) is 5.78 Å². The summed E-state index contributed by atoms with van der Waals surface area (Å²) in [5.41, 5.74) is 4.43. The van der Waals surface area contributed by atoms with Gasteiger partial charge < -0.3 is 0 Å². The third kappa shape index (κ3) is 2.67. The van der Waals surface area contributed by atoms with Gasteiger partial charge in [-0.3, -0.25) is 9.48 Å². The molecule has 0 atom stereocenters. The molecular formula is C15H18N2O. The Balaban J connectivity index is 2.21. The molecule has 0 saturated heterocycles. The molecular weight excluding hydrogens is 224 g/mol. The minimum Gasteiger partial charge on any atom is -0.294 e. The first-order valence-corrected chi connectivity index (χ1v) is 6.22. The maximum Gasteiger partial charge on any atom is 0.165 e. The molecule has 0 radical (unpaired) electrons. The van der Waals surface area contributed by atoms with E-state index in [0.29, 0.717) is 18.5 Å². The summed E-state index contributed by atoms with van der Waals surface area (Å²) in [6, 6.07) is 6.39. The third-order valence-electron chi connectivity index (χ3n) is 3.11. The normalized spacial score (nSPS) is 10.6. The molecule has 2 aromatic rings. The number of aromatic nitrogens is 2. The fraction of sp³-hybridized carbons (Fsp3) is 0.333. The van der Waals surface area contributed by atoms with E-state index in [1.165, 1.54) is 16.7 Å². The molecule has 0 N–H and O–H groups in total. The first-order valence-electron chi connectivity index (χ1n) is 6.22. The Labute approximate surface area is 107 Å². The number of rotatable bonds is 4. The van der Waals surface area contributed by atoms with Gasteiger partial charge >= 0.3 is 0 Å². The van der Waals surface area contributed by atoms with E-state index in [9.17, 15) is 4.79 Å². The van der Waals surface area contributed by atoms with Crippen LogP contribution in [0.3, 0.4) is 0 Å². The number of benzene rings is 1. The predicted octanol–water partition coefficient (Wildman–Crippen LogP) is 3.14. The van der Waals surface area contributed by atoms with Crippen LogP contribution in [0.1, 0.15) is 40.4 Å². The molecule has 0 amide bonds. The first kappa shape index (κ1) is 12.6. The largest absolute Gasteiger partial charge is 0.294 e. The van der Waals surface area contributed by atoms with Crippen LogP contribution in [0.4, 0.5) is 0 Å². The summed E-state index contributed by atoms with van der Waals surface area (Å²) in [6.07, 6.45) is 4.00. The monoisotopic (exact) mass is 242 g/mol. The van der Waals surface area contributed by atoms with Gasteiger partial charge in [0.1, 0.15) is 0 Å². The van der Waals surface area contributed by atoms with Gasteiger partial charge in [0.05, 0.1) is 18.3 Å². The summed E-state index contributed by atoms with van der Waals surface area (Å²) < 4.78 is 1.82. The standard InChI is InChI=1S/C15H18N2O/c1-4-15(18)14-8-16-17(10-14)9-13-7-11(2)5-6-12(13)3/h5-8,10H,4,9H2,1-3H3. The van der Waals surface area contributed by atoms with Crippen molar-refractivity contribution in [2.24, 2.45) is 0 Å². The van der Waals surface area contributed by atoms with Crippen molar-refractivity contribution in [3.8, 4) is 0 Å². The number of hydrogen-bond donors (Lipinski definition) is 0. The van der Waals surface area contributed by atoms with E-state index in [0.717, 1.165) is 0 Å². The van der Waals surface area contributed by atoms with Crippen LogP contribution in [0.25, 0.3) is 0 Å². The van der Waals surface area contributed by atoms with Crippen molar-refractivity contribution in [2.45, 2.75) is 33.7 Å². The Morgan fingerprint density at radius 3 is 2.83 bits per heavy atom. The summed E-state index contributed by atoms with van der Waals surface area (Å²) in [5.74, 6) is 0.141. The molecule has 0 fully saturated rings. The van der Waals surface area contributed by atoms with E-state index < -0.39 is 0 Å². The molecule has 18 heavy (non-hydrogen) atoms. The van der Waals surface area contributed by atoms with Crippen molar-refractivity contribution in [3.05, 3.63) is 52.8 Å². The zero-order valence-corrected chi connectivity index (χ0v) is 11.1. The third-order valence-corrected chi connectivity index (χ3v) is 3.11. The van der Waals surface area contributed by atoms with Gasteiger partial charge in [0.25, 0.3) is 0 Å². The lowest BCUT2D eigenvalue weighted by molar-refractivity contribution is 0.0988. The average Bonchev–Trinajstić information content (AvgIpc) is 2.81. The van der Waals surface area contributed by atoms with Crippen LogP contribution < -0.4 is 0 Å². The number of carbonyl (C=O) groups is 1. The van der Waals surface area contributed by atoms with Gasteiger partial charge in [-0.1, -0.05) is 30.7 Å². The Morgan fingerprint density at radius 2 is 2.11 bits per heavy atom. The molecule has 0 aliphatic rings. The minimum absolute atomic E-state index is 0.141. The van der Waals surface area contributed by atoms with Crippen molar-refractivity contribution < 1.29 is 4.79 Å². The number of nitrogens with zero attached hydrogens (tertiary/aromatic N) is 2. The van der Waals surface area contributed by atoms with Crippen molar-refractivity contribution >= 4 is 5.78 Å². The molecule has 0 aliphatic carbocycles. The molecule has 1 aromatic carbocycles. The lowest BCUT2D eigenvalue weighted by atomic mass is 10.1. The molecule has 0 unspecified atom stereocenters. The molecule has 3 nitrogen and oxygen atoms in total. The van der Waals surface area contributed by atoms with Gasteiger partial charge in [0, 0.05) is 12.6 Å². The summed E-state index contributed by atoms with van der Waals surface area (Å²) in [7, 11) is 0. The van der Waals surface area contributed by atoms with Crippen molar-refractivity contribution in [1.82, 2.24) is 9.78 Å². The van der Waals surface area contributed by atoms with E-state index in [1.54, 1.807) is 6.20 Å². The number of carbonyl (C=O) groups excluding carboxylic acids is 1. The molecule has 1 heterocycles. The quantitative estimate of drug-likeness (QED) is 0.772. The van der Waals surface area contributed by atoms with Crippen LogP contribution in [-0.4, -0.2) is 15.6 Å². The highest BCUT2D eigenvalue weighted by molar-refractivity contribution is 5.95. The van der Waals surface area contributed by atoms with E-state index in [4.69, 9.17) is 0 Å². The Hall–Kier alpha value is -1.90. The molecule has 0 bridgehead atoms. The highest BCUT2D eigenvalue weighted by atomic mass is 16.1. The maximum atomic E-state index is 11.5. The van der Waals surface area contributed by atoms with E-state index >= 15 is 0 Å². The average molecular weight is 242 g/mol. The van der Waals surface area contributed by atoms with Gasteiger partial charge in [-0.05, 0) is 25.0 Å². The first-order chi connectivity index (χ1) is 8.60. The fourth-order valence-corrected chi connectivity index (χ4v) is 1.94.